The fraction of sp³-hybridized carbons (Fsp3) is 0.680. The van der Waals surface area contributed by atoms with E-state index in [0.29, 0.717) is 11.3 Å². The Hall–Kier alpha value is -2.08. The number of benzene rings is 1. The van der Waals surface area contributed by atoms with E-state index in [9.17, 15) is 9.59 Å². The van der Waals surface area contributed by atoms with Crippen molar-refractivity contribution in [2.75, 3.05) is 26.2 Å². The Morgan fingerprint density at radius 3 is 2.23 bits per heavy atom. The lowest BCUT2D eigenvalue weighted by Gasteiger charge is -2.69. The molecule has 0 radical (unpaired) electrons. The minimum atomic E-state index is -0.497. The lowest BCUT2D eigenvalue weighted by Crippen LogP contribution is -2.79. The second kappa shape index (κ2) is 6.96. The third kappa shape index (κ3) is 3.84. The number of rotatable bonds is 4. The van der Waals surface area contributed by atoms with Gasteiger partial charge in [0.1, 0.15) is 5.60 Å². The fourth-order valence-corrected chi connectivity index (χ4v) is 6.36. The number of amides is 2. The molecule has 1 aromatic carbocycles. The van der Waals surface area contributed by atoms with Crippen LogP contribution in [0.4, 0.5) is 4.79 Å². The van der Waals surface area contributed by atoms with E-state index in [-0.39, 0.29) is 17.0 Å². The molecule has 2 amide bonds. The number of nitrogens with one attached hydrogen (secondary N) is 1. The van der Waals surface area contributed by atoms with E-state index in [1.165, 1.54) is 5.56 Å². The number of nitrogens with zero attached hydrogens (tertiary/aromatic N) is 2. The molecule has 1 aromatic rings. The number of carbonyl (C=O) groups excluding carboxylic acids is 2. The van der Waals surface area contributed by atoms with E-state index in [0.717, 1.165) is 64.8 Å². The summed E-state index contributed by atoms with van der Waals surface area (Å²) in [5, 5.41) is 3.02. The maximum Gasteiger partial charge on any atom is 0.408 e. The van der Waals surface area contributed by atoms with E-state index in [1.807, 2.05) is 20.8 Å². The van der Waals surface area contributed by atoms with E-state index < -0.39 is 5.60 Å². The van der Waals surface area contributed by atoms with Crippen LogP contribution in [0.1, 0.15) is 58.4 Å². The van der Waals surface area contributed by atoms with Crippen molar-refractivity contribution in [2.45, 2.75) is 70.6 Å². The summed E-state index contributed by atoms with van der Waals surface area (Å²) >= 11 is 0. The first kappa shape index (κ1) is 20.8. The highest BCUT2D eigenvalue weighted by Gasteiger charge is 2.73. The predicted molar refractivity (Wildman–Crippen MR) is 118 cm³/mol. The van der Waals surface area contributed by atoms with Gasteiger partial charge in [0.15, 0.2) is 0 Å². The van der Waals surface area contributed by atoms with Crippen molar-refractivity contribution >= 4 is 12.0 Å². The Kier molecular flexibility index (Phi) is 4.67. The molecule has 1 spiro atoms. The summed E-state index contributed by atoms with van der Waals surface area (Å²) in [6, 6.07) is 10.7. The van der Waals surface area contributed by atoms with Crippen LogP contribution in [0.3, 0.4) is 0 Å². The lowest BCUT2D eigenvalue weighted by atomic mass is 9.39. The summed E-state index contributed by atoms with van der Waals surface area (Å²) in [6.45, 7) is 10.7. The van der Waals surface area contributed by atoms with Gasteiger partial charge in [-0.1, -0.05) is 30.3 Å². The van der Waals surface area contributed by atoms with Gasteiger partial charge in [0.25, 0.3) is 0 Å². The van der Waals surface area contributed by atoms with Crippen molar-refractivity contribution in [3.05, 3.63) is 35.9 Å². The summed E-state index contributed by atoms with van der Waals surface area (Å²) in [5.74, 6) is 0.315. The van der Waals surface area contributed by atoms with E-state index in [2.05, 4.69) is 45.4 Å². The molecule has 2 saturated heterocycles. The van der Waals surface area contributed by atoms with Crippen LogP contribution < -0.4 is 5.32 Å². The molecule has 5 fully saturated rings. The normalized spacial score (nSPS) is 31.3. The molecule has 168 valence electrons. The van der Waals surface area contributed by atoms with Gasteiger partial charge in [0.05, 0.1) is 5.41 Å². The number of likely N-dealkylation sites (tertiary alicyclic amines) is 2. The van der Waals surface area contributed by atoms with Crippen molar-refractivity contribution in [1.82, 2.24) is 15.1 Å². The Morgan fingerprint density at radius 1 is 1.03 bits per heavy atom. The second-order valence-corrected chi connectivity index (χ2v) is 11.6. The van der Waals surface area contributed by atoms with Gasteiger partial charge >= 0.3 is 6.09 Å². The Morgan fingerprint density at radius 2 is 1.65 bits per heavy atom. The highest BCUT2D eigenvalue weighted by atomic mass is 16.6. The molecule has 2 bridgehead atoms. The van der Waals surface area contributed by atoms with Crippen LogP contribution in [-0.2, 0) is 16.1 Å². The smallest absolute Gasteiger partial charge is 0.408 e. The summed E-state index contributed by atoms with van der Waals surface area (Å²) < 4.78 is 5.38. The molecular formula is C25H35N3O3. The maximum absolute atomic E-state index is 13.2. The number of hydrogen-bond acceptors (Lipinski definition) is 4. The highest BCUT2D eigenvalue weighted by molar-refractivity contribution is 5.88. The van der Waals surface area contributed by atoms with Crippen LogP contribution in [0.15, 0.2) is 30.3 Å². The highest BCUT2D eigenvalue weighted by Crippen LogP contribution is 2.68. The predicted octanol–water partition coefficient (Wildman–Crippen LogP) is 3.56. The topological polar surface area (TPSA) is 61.9 Å². The summed E-state index contributed by atoms with van der Waals surface area (Å²) in [4.78, 5) is 29.9. The zero-order valence-electron chi connectivity index (χ0n) is 19.1. The van der Waals surface area contributed by atoms with E-state index in [4.69, 9.17) is 4.74 Å². The van der Waals surface area contributed by atoms with Crippen LogP contribution in [0.25, 0.3) is 0 Å². The van der Waals surface area contributed by atoms with Gasteiger partial charge < -0.3 is 15.0 Å². The van der Waals surface area contributed by atoms with Gasteiger partial charge in [0.2, 0.25) is 5.91 Å². The Balaban J connectivity index is 1.06. The third-order valence-corrected chi connectivity index (χ3v) is 7.73. The molecule has 3 saturated carbocycles. The van der Waals surface area contributed by atoms with Crippen LogP contribution >= 0.6 is 0 Å². The van der Waals surface area contributed by atoms with E-state index >= 15 is 0 Å². The quantitative estimate of drug-likeness (QED) is 0.801. The van der Waals surface area contributed by atoms with Crippen molar-refractivity contribution in [1.29, 1.82) is 0 Å². The monoisotopic (exact) mass is 425 g/mol. The number of carbonyl (C=O) groups is 2. The Bertz CT molecular complexity index is 840. The van der Waals surface area contributed by atoms with Crippen molar-refractivity contribution in [2.24, 2.45) is 10.8 Å². The van der Waals surface area contributed by atoms with Crippen molar-refractivity contribution < 1.29 is 14.3 Å². The molecule has 0 atom stereocenters. The zero-order valence-corrected chi connectivity index (χ0v) is 19.1. The molecule has 0 aromatic heterocycles. The number of ether oxygens (including phenoxy) is 1. The van der Waals surface area contributed by atoms with Crippen molar-refractivity contribution in [3.63, 3.8) is 0 Å². The van der Waals surface area contributed by atoms with Crippen LogP contribution in [0.5, 0.6) is 0 Å². The van der Waals surface area contributed by atoms with Crippen LogP contribution in [-0.4, -0.2) is 59.1 Å². The molecule has 6 nitrogen and oxygen atoms in total. The first-order chi connectivity index (χ1) is 14.6. The molecule has 1 N–H and O–H groups in total. The van der Waals surface area contributed by atoms with Crippen molar-refractivity contribution in [3.8, 4) is 0 Å². The third-order valence-electron chi connectivity index (χ3n) is 7.73. The van der Waals surface area contributed by atoms with E-state index in [1.54, 1.807) is 0 Å². The SMILES string of the molecule is CC(C)(C)OC(=O)NC12CC(C(=O)N3CCC4(CC3)CN(Cc3ccccc3)C4)(C1)C2. The number of alkyl carbamates (subject to hydrolysis) is 1. The molecule has 2 heterocycles. The minimum Gasteiger partial charge on any atom is -0.444 e. The Labute approximate surface area is 185 Å². The summed E-state index contributed by atoms with van der Waals surface area (Å²) in [5.41, 5.74) is 0.856. The molecule has 3 aliphatic carbocycles. The lowest BCUT2D eigenvalue weighted by molar-refractivity contribution is -0.193. The molecule has 6 rings (SSSR count). The maximum atomic E-state index is 13.2. The number of piperidine rings is 1. The molecule has 0 unspecified atom stereocenters. The summed E-state index contributed by atoms with van der Waals surface area (Å²) in [7, 11) is 0. The standard InChI is InChI=1S/C25H35N3O3/c1-22(2,3)31-21(30)26-25-14-24(15-25,16-25)20(29)28-11-9-23(10-12-28)17-27(18-23)13-19-7-5-4-6-8-19/h4-8H,9-18H2,1-3H3,(H,26,30). The van der Waals surface area contributed by atoms with Gasteiger partial charge in [0, 0.05) is 38.3 Å². The molecule has 5 aliphatic rings. The first-order valence-electron chi connectivity index (χ1n) is 11.7. The zero-order chi connectivity index (χ0) is 21.9. The van der Waals surface area contributed by atoms with Crippen LogP contribution in [0, 0.1) is 10.8 Å². The summed E-state index contributed by atoms with van der Waals surface area (Å²) in [6.07, 6.45) is 4.17. The number of hydrogen-bond donors (Lipinski definition) is 1. The molecule has 31 heavy (non-hydrogen) atoms. The minimum absolute atomic E-state index is 0.207. The van der Waals surface area contributed by atoms with Gasteiger partial charge in [-0.15, -0.1) is 0 Å². The molecule has 2 aliphatic heterocycles. The average molecular weight is 426 g/mol. The molecule has 6 heteroatoms. The van der Waals surface area contributed by atoms with Crippen LogP contribution in [0.2, 0.25) is 0 Å². The average Bonchev–Trinajstić information content (AvgIpc) is 2.62. The second-order valence-electron chi connectivity index (χ2n) is 11.6. The van der Waals surface area contributed by atoms with Gasteiger partial charge in [-0.3, -0.25) is 9.69 Å². The first-order valence-corrected chi connectivity index (χ1v) is 11.7. The van der Waals surface area contributed by atoms with Gasteiger partial charge in [-0.2, -0.15) is 0 Å². The van der Waals surface area contributed by atoms with Gasteiger partial charge in [-0.25, -0.2) is 4.79 Å². The molecular weight excluding hydrogens is 390 g/mol. The van der Waals surface area contributed by atoms with Gasteiger partial charge in [-0.05, 0) is 63.9 Å². The fourth-order valence-electron chi connectivity index (χ4n) is 6.36. The largest absolute Gasteiger partial charge is 0.444 e.